The Morgan fingerprint density at radius 3 is 2.89 bits per heavy atom. The molecule has 1 aromatic rings. The van der Waals surface area contributed by atoms with E-state index in [1.807, 2.05) is 6.07 Å². The minimum atomic E-state index is -0.303. The molecule has 1 N–H and O–H groups in total. The van der Waals surface area contributed by atoms with Crippen molar-refractivity contribution >= 4 is 11.6 Å². The molecular formula is C15H21ClFN. The van der Waals surface area contributed by atoms with Crippen molar-refractivity contribution in [3.05, 3.63) is 34.6 Å². The van der Waals surface area contributed by atoms with Crippen LogP contribution in [0.15, 0.2) is 18.2 Å². The maximum absolute atomic E-state index is 13.4. The molecule has 1 aromatic carbocycles. The van der Waals surface area contributed by atoms with Crippen LogP contribution < -0.4 is 5.32 Å². The molecule has 18 heavy (non-hydrogen) atoms. The molecule has 100 valence electrons. The van der Waals surface area contributed by atoms with Gasteiger partial charge in [-0.25, -0.2) is 4.39 Å². The molecule has 3 atom stereocenters. The molecule has 0 heterocycles. The van der Waals surface area contributed by atoms with Crippen molar-refractivity contribution in [1.29, 1.82) is 0 Å². The molecule has 0 aromatic heterocycles. The van der Waals surface area contributed by atoms with Crippen LogP contribution in [0.4, 0.5) is 4.39 Å². The molecule has 0 aliphatic heterocycles. The van der Waals surface area contributed by atoms with Gasteiger partial charge in [-0.1, -0.05) is 37.6 Å². The summed E-state index contributed by atoms with van der Waals surface area (Å²) in [5.41, 5.74) is 0.950. The third kappa shape index (κ3) is 2.86. The number of hydrogen-bond acceptors (Lipinski definition) is 1. The Morgan fingerprint density at radius 1 is 1.39 bits per heavy atom. The Hall–Kier alpha value is -0.600. The van der Waals surface area contributed by atoms with Crippen molar-refractivity contribution in [2.24, 2.45) is 11.8 Å². The molecule has 1 fully saturated rings. The van der Waals surface area contributed by atoms with E-state index < -0.39 is 0 Å². The van der Waals surface area contributed by atoms with E-state index in [4.69, 9.17) is 11.6 Å². The van der Waals surface area contributed by atoms with E-state index in [2.05, 4.69) is 19.2 Å². The summed E-state index contributed by atoms with van der Waals surface area (Å²) in [6.07, 6.45) is 3.30. The van der Waals surface area contributed by atoms with Gasteiger partial charge in [-0.2, -0.15) is 0 Å². The summed E-state index contributed by atoms with van der Waals surface area (Å²) in [7, 11) is 0. The Kier molecular flexibility index (Phi) is 4.63. The van der Waals surface area contributed by atoms with Gasteiger partial charge in [0.1, 0.15) is 5.82 Å². The first kappa shape index (κ1) is 13.8. The maximum Gasteiger partial charge on any atom is 0.142 e. The molecule has 0 radical (unpaired) electrons. The van der Waals surface area contributed by atoms with Gasteiger partial charge in [0.05, 0.1) is 5.02 Å². The first-order valence-corrected chi connectivity index (χ1v) is 7.17. The third-order valence-electron chi connectivity index (χ3n) is 4.21. The molecule has 3 unspecified atom stereocenters. The van der Waals surface area contributed by atoms with Crippen LogP contribution in [0.25, 0.3) is 0 Å². The second-order valence-corrected chi connectivity index (χ2v) is 5.66. The minimum Gasteiger partial charge on any atom is -0.314 e. The van der Waals surface area contributed by atoms with Crippen LogP contribution >= 0.6 is 11.6 Å². The lowest BCUT2D eigenvalue weighted by atomic mass is 9.89. The van der Waals surface area contributed by atoms with E-state index >= 15 is 0 Å². The zero-order chi connectivity index (χ0) is 13.1. The molecule has 0 amide bonds. The first-order valence-electron chi connectivity index (χ1n) is 6.79. The highest BCUT2D eigenvalue weighted by molar-refractivity contribution is 6.31. The number of halogens is 2. The third-order valence-corrected chi connectivity index (χ3v) is 4.63. The van der Waals surface area contributed by atoms with Crippen molar-refractivity contribution in [2.45, 2.75) is 39.2 Å². The molecule has 0 bridgehead atoms. The van der Waals surface area contributed by atoms with Crippen molar-refractivity contribution < 1.29 is 4.39 Å². The molecule has 1 aliphatic rings. The fourth-order valence-electron chi connectivity index (χ4n) is 3.07. The van der Waals surface area contributed by atoms with Crippen LogP contribution in [0.2, 0.25) is 5.02 Å². The zero-order valence-electron chi connectivity index (χ0n) is 11.0. The summed E-state index contributed by atoms with van der Waals surface area (Å²) in [4.78, 5) is 0. The second kappa shape index (κ2) is 6.03. The van der Waals surface area contributed by atoms with E-state index in [-0.39, 0.29) is 5.82 Å². The van der Waals surface area contributed by atoms with Gasteiger partial charge >= 0.3 is 0 Å². The lowest BCUT2D eigenvalue weighted by molar-refractivity contribution is 0.355. The number of benzene rings is 1. The summed E-state index contributed by atoms with van der Waals surface area (Å²) >= 11 is 6.03. The largest absolute Gasteiger partial charge is 0.314 e. The van der Waals surface area contributed by atoms with Gasteiger partial charge in [-0.15, -0.1) is 0 Å². The van der Waals surface area contributed by atoms with E-state index in [0.29, 0.717) is 22.9 Å². The molecule has 2 rings (SSSR count). The summed E-state index contributed by atoms with van der Waals surface area (Å²) in [6.45, 7) is 5.45. The topological polar surface area (TPSA) is 12.0 Å². The number of nitrogens with one attached hydrogen (secondary N) is 1. The zero-order valence-corrected chi connectivity index (χ0v) is 11.8. The van der Waals surface area contributed by atoms with Crippen LogP contribution in [-0.2, 0) is 6.42 Å². The first-order chi connectivity index (χ1) is 8.63. The predicted octanol–water partition coefficient (Wildman–Crippen LogP) is 4.05. The fraction of sp³-hybridized carbons (Fsp3) is 0.600. The Balaban J connectivity index is 2.04. The van der Waals surface area contributed by atoms with E-state index in [1.165, 1.54) is 18.9 Å². The van der Waals surface area contributed by atoms with Crippen LogP contribution in [0.5, 0.6) is 0 Å². The Labute approximate surface area is 114 Å². The van der Waals surface area contributed by atoms with Gasteiger partial charge in [-0.05, 0) is 49.3 Å². The van der Waals surface area contributed by atoms with Crippen molar-refractivity contribution in [1.82, 2.24) is 5.32 Å². The van der Waals surface area contributed by atoms with Gasteiger partial charge in [0.2, 0.25) is 0 Å². The van der Waals surface area contributed by atoms with Gasteiger partial charge in [-0.3, -0.25) is 0 Å². The van der Waals surface area contributed by atoms with Crippen molar-refractivity contribution in [3.8, 4) is 0 Å². The summed E-state index contributed by atoms with van der Waals surface area (Å²) in [5, 5.41) is 3.83. The van der Waals surface area contributed by atoms with Crippen LogP contribution in [0.1, 0.15) is 32.3 Å². The standard InChI is InChI=1S/C15H21ClFN/c1-3-18-14-8-7-11(10(14)2)9-12-5-4-6-13(17)15(12)16/h4-6,10-11,14,18H,3,7-9H2,1-2H3. The second-order valence-electron chi connectivity index (χ2n) is 5.28. The van der Waals surface area contributed by atoms with E-state index in [9.17, 15) is 4.39 Å². The highest BCUT2D eigenvalue weighted by Gasteiger charge is 2.32. The highest BCUT2D eigenvalue weighted by atomic mass is 35.5. The Morgan fingerprint density at radius 2 is 2.17 bits per heavy atom. The molecule has 1 nitrogen and oxygen atoms in total. The molecule has 0 spiro atoms. The molecule has 1 aliphatic carbocycles. The minimum absolute atomic E-state index is 0.302. The lowest BCUT2D eigenvalue weighted by Gasteiger charge is -2.21. The summed E-state index contributed by atoms with van der Waals surface area (Å²) < 4.78 is 13.4. The fourth-order valence-corrected chi connectivity index (χ4v) is 3.28. The summed E-state index contributed by atoms with van der Waals surface area (Å²) in [6, 6.07) is 5.72. The summed E-state index contributed by atoms with van der Waals surface area (Å²) in [5.74, 6) is 0.931. The quantitative estimate of drug-likeness (QED) is 0.870. The average Bonchev–Trinajstić information content (AvgIpc) is 2.68. The molecule has 0 saturated heterocycles. The van der Waals surface area contributed by atoms with Crippen LogP contribution in [-0.4, -0.2) is 12.6 Å². The van der Waals surface area contributed by atoms with Gasteiger partial charge in [0.25, 0.3) is 0 Å². The molecular weight excluding hydrogens is 249 g/mol. The maximum atomic E-state index is 13.4. The van der Waals surface area contributed by atoms with Gasteiger partial charge in [0, 0.05) is 6.04 Å². The molecule has 3 heteroatoms. The van der Waals surface area contributed by atoms with Crippen LogP contribution in [0, 0.1) is 17.7 Å². The van der Waals surface area contributed by atoms with E-state index in [1.54, 1.807) is 6.07 Å². The monoisotopic (exact) mass is 269 g/mol. The Bertz CT molecular complexity index is 407. The normalized spacial score (nSPS) is 27.7. The van der Waals surface area contributed by atoms with Crippen LogP contribution in [0.3, 0.4) is 0 Å². The lowest BCUT2D eigenvalue weighted by Crippen LogP contribution is -2.32. The van der Waals surface area contributed by atoms with Gasteiger partial charge < -0.3 is 5.32 Å². The van der Waals surface area contributed by atoms with E-state index in [0.717, 1.165) is 18.5 Å². The SMILES string of the molecule is CCNC1CCC(Cc2cccc(F)c2Cl)C1C. The van der Waals surface area contributed by atoms with Crippen molar-refractivity contribution in [2.75, 3.05) is 6.54 Å². The van der Waals surface area contributed by atoms with Crippen molar-refractivity contribution in [3.63, 3.8) is 0 Å². The molecule has 1 saturated carbocycles. The number of hydrogen-bond donors (Lipinski definition) is 1. The van der Waals surface area contributed by atoms with Gasteiger partial charge in [0.15, 0.2) is 0 Å². The average molecular weight is 270 g/mol. The highest BCUT2D eigenvalue weighted by Crippen LogP contribution is 2.35. The smallest absolute Gasteiger partial charge is 0.142 e. The predicted molar refractivity (Wildman–Crippen MR) is 74.5 cm³/mol. The number of rotatable bonds is 4.